The second kappa shape index (κ2) is 4.93. The Morgan fingerprint density at radius 3 is 2.40 bits per heavy atom. The van der Waals surface area contributed by atoms with Crippen molar-refractivity contribution in [2.75, 3.05) is 11.4 Å². The summed E-state index contributed by atoms with van der Waals surface area (Å²) in [6.45, 7) is 0.766. The van der Waals surface area contributed by atoms with Gasteiger partial charge in [0.15, 0.2) is 0 Å². The molecule has 106 valence electrons. The fraction of sp³-hybridized carbons (Fsp3) is 0.500. The molecule has 1 saturated carbocycles. The first-order valence-electron chi connectivity index (χ1n) is 7.28. The maximum atomic E-state index is 12.0. The summed E-state index contributed by atoms with van der Waals surface area (Å²) in [5, 5.41) is 9.29. The van der Waals surface area contributed by atoms with Gasteiger partial charge in [-0.2, -0.15) is 0 Å². The Labute approximate surface area is 118 Å². The van der Waals surface area contributed by atoms with Gasteiger partial charge < -0.3 is 10.0 Å². The maximum Gasteiger partial charge on any atom is 0.314 e. The lowest BCUT2D eigenvalue weighted by Crippen LogP contribution is -2.30. The van der Waals surface area contributed by atoms with E-state index in [0.717, 1.165) is 37.1 Å². The van der Waals surface area contributed by atoms with Crippen molar-refractivity contribution in [2.24, 2.45) is 0 Å². The highest BCUT2D eigenvalue weighted by atomic mass is 16.4. The number of nitrogens with zero attached hydrogens (tertiary/aromatic N) is 1. The van der Waals surface area contributed by atoms with Crippen LogP contribution in [0.3, 0.4) is 0 Å². The van der Waals surface area contributed by atoms with E-state index in [9.17, 15) is 14.7 Å². The molecule has 3 rings (SSSR count). The van der Waals surface area contributed by atoms with Crippen molar-refractivity contribution in [3.63, 3.8) is 0 Å². The number of carboxylic acid groups (broad SMARTS) is 1. The van der Waals surface area contributed by atoms with Crippen LogP contribution in [0.25, 0.3) is 0 Å². The van der Waals surface area contributed by atoms with Crippen LogP contribution >= 0.6 is 0 Å². The molecular formula is C16H19NO3. The fourth-order valence-electron chi connectivity index (χ4n) is 2.97. The molecule has 1 aliphatic carbocycles. The predicted octanol–water partition coefficient (Wildman–Crippen LogP) is 2.71. The number of carboxylic acids is 1. The summed E-state index contributed by atoms with van der Waals surface area (Å²) >= 11 is 0. The number of benzene rings is 1. The molecule has 0 unspecified atom stereocenters. The number of hydrogen-bond acceptors (Lipinski definition) is 2. The van der Waals surface area contributed by atoms with Crippen molar-refractivity contribution in [2.45, 2.75) is 43.9 Å². The van der Waals surface area contributed by atoms with Crippen LogP contribution in [0.4, 0.5) is 5.69 Å². The number of carbonyl (C=O) groups excluding carboxylic acids is 1. The Bertz CT molecular complexity index is 531. The van der Waals surface area contributed by atoms with Crippen LogP contribution in [-0.4, -0.2) is 23.5 Å². The van der Waals surface area contributed by atoms with E-state index in [0.29, 0.717) is 19.3 Å². The molecule has 1 heterocycles. The molecule has 4 nitrogen and oxygen atoms in total. The first kappa shape index (κ1) is 13.2. The van der Waals surface area contributed by atoms with Gasteiger partial charge in [0, 0.05) is 18.7 Å². The van der Waals surface area contributed by atoms with E-state index in [-0.39, 0.29) is 5.91 Å². The molecular weight excluding hydrogens is 254 g/mol. The van der Waals surface area contributed by atoms with E-state index >= 15 is 0 Å². The van der Waals surface area contributed by atoms with E-state index in [1.165, 1.54) is 0 Å². The maximum absolute atomic E-state index is 12.0. The van der Waals surface area contributed by atoms with Gasteiger partial charge in [-0.15, -0.1) is 0 Å². The average molecular weight is 273 g/mol. The van der Waals surface area contributed by atoms with Crippen LogP contribution in [0.5, 0.6) is 0 Å². The highest BCUT2D eigenvalue weighted by Gasteiger charge is 2.51. The number of aliphatic carboxylic acids is 1. The second-order valence-electron chi connectivity index (χ2n) is 5.79. The molecule has 2 fully saturated rings. The number of anilines is 1. The summed E-state index contributed by atoms with van der Waals surface area (Å²) in [5.74, 6) is -0.564. The van der Waals surface area contributed by atoms with Gasteiger partial charge in [0.25, 0.3) is 0 Å². The molecule has 1 N–H and O–H groups in total. The van der Waals surface area contributed by atoms with Crippen molar-refractivity contribution in [1.82, 2.24) is 0 Å². The Morgan fingerprint density at radius 1 is 1.10 bits per heavy atom. The number of carbonyl (C=O) groups is 2. The lowest BCUT2D eigenvalue weighted by Gasteiger charge is -2.21. The number of amides is 1. The highest BCUT2D eigenvalue weighted by molar-refractivity contribution is 5.93. The molecule has 1 amide bonds. The van der Waals surface area contributed by atoms with Crippen molar-refractivity contribution in [3.05, 3.63) is 29.8 Å². The van der Waals surface area contributed by atoms with Gasteiger partial charge in [-0.3, -0.25) is 9.59 Å². The van der Waals surface area contributed by atoms with Crippen LogP contribution < -0.4 is 4.90 Å². The SMILES string of the molecule is O=C1CCCCCN1c1ccc(C2(C(=O)O)CC2)cc1. The summed E-state index contributed by atoms with van der Waals surface area (Å²) < 4.78 is 0. The van der Waals surface area contributed by atoms with E-state index in [1.54, 1.807) is 0 Å². The third-order valence-electron chi connectivity index (χ3n) is 4.46. The highest BCUT2D eigenvalue weighted by Crippen LogP contribution is 2.48. The smallest absolute Gasteiger partial charge is 0.314 e. The molecule has 1 aromatic rings. The predicted molar refractivity (Wildman–Crippen MR) is 75.8 cm³/mol. The van der Waals surface area contributed by atoms with Crippen molar-refractivity contribution >= 4 is 17.6 Å². The Balaban J connectivity index is 1.82. The minimum Gasteiger partial charge on any atom is -0.481 e. The average Bonchev–Trinajstić information content (AvgIpc) is 3.24. The molecule has 1 aliphatic heterocycles. The summed E-state index contributed by atoms with van der Waals surface area (Å²) in [5.41, 5.74) is 1.08. The van der Waals surface area contributed by atoms with Crippen LogP contribution in [0.15, 0.2) is 24.3 Å². The number of rotatable bonds is 3. The monoisotopic (exact) mass is 273 g/mol. The van der Waals surface area contributed by atoms with Crippen LogP contribution in [-0.2, 0) is 15.0 Å². The molecule has 20 heavy (non-hydrogen) atoms. The van der Waals surface area contributed by atoms with Crippen molar-refractivity contribution < 1.29 is 14.7 Å². The molecule has 1 saturated heterocycles. The lowest BCUT2D eigenvalue weighted by atomic mass is 9.96. The molecule has 1 aromatic carbocycles. The Kier molecular flexibility index (Phi) is 3.24. The zero-order chi connectivity index (χ0) is 14.2. The quantitative estimate of drug-likeness (QED) is 0.921. The van der Waals surface area contributed by atoms with E-state index < -0.39 is 11.4 Å². The summed E-state index contributed by atoms with van der Waals surface area (Å²) in [4.78, 5) is 25.2. The van der Waals surface area contributed by atoms with Gasteiger partial charge in [-0.05, 0) is 43.4 Å². The van der Waals surface area contributed by atoms with E-state index in [1.807, 2.05) is 29.2 Å². The zero-order valence-corrected chi connectivity index (χ0v) is 11.5. The largest absolute Gasteiger partial charge is 0.481 e. The molecule has 4 heteroatoms. The second-order valence-corrected chi connectivity index (χ2v) is 5.79. The molecule has 0 atom stereocenters. The van der Waals surface area contributed by atoms with Crippen molar-refractivity contribution in [3.8, 4) is 0 Å². The fourth-order valence-corrected chi connectivity index (χ4v) is 2.97. The molecule has 0 spiro atoms. The van der Waals surface area contributed by atoms with Crippen molar-refractivity contribution in [1.29, 1.82) is 0 Å². The first-order chi connectivity index (χ1) is 9.63. The molecule has 2 aliphatic rings. The van der Waals surface area contributed by atoms with E-state index in [4.69, 9.17) is 0 Å². The molecule has 0 radical (unpaired) electrons. The lowest BCUT2D eigenvalue weighted by molar-refractivity contribution is -0.140. The number of hydrogen-bond donors (Lipinski definition) is 1. The third kappa shape index (κ3) is 2.19. The van der Waals surface area contributed by atoms with E-state index in [2.05, 4.69) is 0 Å². The van der Waals surface area contributed by atoms with Gasteiger partial charge in [0.1, 0.15) is 0 Å². The van der Waals surface area contributed by atoms with Crippen LogP contribution in [0.2, 0.25) is 0 Å². The summed E-state index contributed by atoms with van der Waals surface area (Å²) in [6.07, 6.45) is 5.14. The zero-order valence-electron chi connectivity index (χ0n) is 11.5. The van der Waals surface area contributed by atoms with Gasteiger partial charge in [0.05, 0.1) is 5.41 Å². The minimum absolute atomic E-state index is 0.176. The third-order valence-corrected chi connectivity index (χ3v) is 4.46. The molecule has 0 aromatic heterocycles. The summed E-state index contributed by atoms with van der Waals surface area (Å²) in [7, 11) is 0. The van der Waals surface area contributed by atoms with Gasteiger partial charge in [-0.1, -0.05) is 18.6 Å². The molecule has 0 bridgehead atoms. The van der Waals surface area contributed by atoms with Crippen LogP contribution in [0, 0.1) is 0 Å². The Morgan fingerprint density at radius 2 is 1.80 bits per heavy atom. The van der Waals surface area contributed by atoms with Gasteiger partial charge in [0.2, 0.25) is 5.91 Å². The van der Waals surface area contributed by atoms with Gasteiger partial charge in [-0.25, -0.2) is 0 Å². The first-order valence-corrected chi connectivity index (χ1v) is 7.28. The normalized spacial score (nSPS) is 21.4. The van der Waals surface area contributed by atoms with Gasteiger partial charge >= 0.3 is 5.97 Å². The van der Waals surface area contributed by atoms with Crippen LogP contribution in [0.1, 0.15) is 44.1 Å². The summed E-state index contributed by atoms with van der Waals surface area (Å²) in [6, 6.07) is 7.52. The Hall–Kier alpha value is -1.84. The standard InChI is InChI=1S/C16H19NO3/c18-14-4-2-1-3-11-17(14)13-7-5-12(6-8-13)16(9-10-16)15(19)20/h5-8H,1-4,9-11H2,(H,19,20). The minimum atomic E-state index is -0.740. The topological polar surface area (TPSA) is 57.6 Å².